The second-order valence-corrected chi connectivity index (χ2v) is 17.0. The number of imidazole rings is 2. The number of hydrogen-bond acceptors (Lipinski definition) is 11. The van der Waals surface area contributed by atoms with Crippen molar-refractivity contribution in [2.75, 3.05) is 31.0 Å². The number of carboxylic acid groups (broad SMARTS) is 1. The Kier molecular flexibility index (Phi) is 14.0. The number of esters is 1. The molecule has 5 N–H and O–H groups in total. The van der Waals surface area contributed by atoms with Crippen LogP contribution < -0.4 is 20.1 Å². The lowest BCUT2D eigenvalue weighted by Gasteiger charge is -2.09. The molecule has 0 aliphatic rings. The van der Waals surface area contributed by atoms with Crippen LogP contribution in [-0.2, 0) is 14.3 Å². The van der Waals surface area contributed by atoms with E-state index in [9.17, 15) is 19.2 Å². The lowest BCUT2D eigenvalue weighted by atomic mass is 10.2. The summed E-state index contributed by atoms with van der Waals surface area (Å²) >= 11 is 25.7. The second-order valence-electron chi connectivity index (χ2n) is 15.4. The normalized spacial score (nSPS) is 11.0. The van der Waals surface area contributed by atoms with E-state index in [4.69, 9.17) is 61.0 Å². The molecule has 10 rings (SSSR count). The number of nitrogens with zero attached hydrogens (tertiary/aromatic N) is 4. The number of carbonyl (C=O) groups is 4. The summed E-state index contributed by atoms with van der Waals surface area (Å²) in [5.41, 5.74) is 5.78. The molecular formula is C51H34Cl4N8O8. The molecule has 0 saturated carbocycles. The molecule has 71 heavy (non-hydrogen) atoms. The monoisotopic (exact) mass is 1030 g/mol. The Hall–Kier alpha value is -8.28. The average molecular weight is 1030 g/mol. The highest BCUT2D eigenvalue weighted by molar-refractivity contribution is 6.40. The minimum absolute atomic E-state index is 0.225. The van der Waals surface area contributed by atoms with E-state index in [1.54, 1.807) is 48.5 Å². The third-order valence-corrected chi connectivity index (χ3v) is 11.8. The topological polar surface area (TPSA) is 223 Å². The number of pyridine rings is 2. The molecule has 0 saturated heterocycles. The number of benzene rings is 6. The summed E-state index contributed by atoms with van der Waals surface area (Å²) in [6.07, 6.45) is 0. The first-order chi connectivity index (χ1) is 34.3. The molecule has 0 aliphatic carbocycles. The van der Waals surface area contributed by atoms with Crippen LogP contribution in [0.4, 0.5) is 11.6 Å². The average Bonchev–Trinajstić information content (AvgIpc) is 3.98. The minimum Gasteiger partial charge on any atom is -0.482 e. The van der Waals surface area contributed by atoms with Crippen molar-refractivity contribution in [2.24, 2.45) is 0 Å². The van der Waals surface area contributed by atoms with Gasteiger partial charge in [0.05, 0.1) is 71.4 Å². The van der Waals surface area contributed by atoms with Crippen molar-refractivity contribution in [2.45, 2.75) is 0 Å². The number of anilines is 2. The summed E-state index contributed by atoms with van der Waals surface area (Å²) in [6, 6.07) is 38.8. The van der Waals surface area contributed by atoms with E-state index in [0.717, 1.165) is 21.8 Å². The number of rotatable bonds is 12. The molecule has 0 atom stereocenters. The van der Waals surface area contributed by atoms with Crippen LogP contribution in [0.5, 0.6) is 11.5 Å². The number of hydrogen-bond donors (Lipinski definition) is 5. The molecular weight excluding hydrogens is 994 g/mol. The molecule has 0 radical (unpaired) electrons. The number of aromatic nitrogens is 6. The van der Waals surface area contributed by atoms with Crippen LogP contribution in [-0.4, -0.2) is 79.1 Å². The number of aromatic amines is 2. The van der Waals surface area contributed by atoms with Crippen LogP contribution in [0.3, 0.4) is 0 Å². The number of ether oxygens (including phenoxy) is 3. The van der Waals surface area contributed by atoms with Crippen molar-refractivity contribution >= 4 is 126 Å². The maximum absolute atomic E-state index is 12.9. The SMILES string of the molecule is COC(=O)COc1cc(Cl)c(-c2nc3ccc(C(=O)Nc4ccc5ccccc5n4)cc3[nH]2)c(Cl)c1.O=C(O)COc1cc(Cl)c(-c2nc3ccc(C(=O)Nc4ccc5ccccc5n4)cc3[nH]2)c(Cl)c1. The first-order valence-electron chi connectivity index (χ1n) is 21.2. The Balaban J connectivity index is 0.000000176. The van der Waals surface area contributed by atoms with E-state index >= 15 is 0 Å². The molecule has 20 heteroatoms. The Morgan fingerprint density at radius 1 is 0.521 bits per heavy atom. The van der Waals surface area contributed by atoms with Crippen LogP contribution in [0.2, 0.25) is 20.1 Å². The van der Waals surface area contributed by atoms with Crippen LogP contribution in [0.1, 0.15) is 20.7 Å². The maximum atomic E-state index is 12.9. The van der Waals surface area contributed by atoms with Gasteiger partial charge in [-0.1, -0.05) is 82.8 Å². The molecule has 4 heterocycles. The van der Waals surface area contributed by atoms with Gasteiger partial charge in [-0.25, -0.2) is 29.5 Å². The van der Waals surface area contributed by atoms with Gasteiger partial charge in [-0.2, -0.15) is 0 Å². The van der Waals surface area contributed by atoms with E-state index < -0.39 is 18.5 Å². The molecule has 0 fully saturated rings. The molecule has 6 aromatic carbocycles. The molecule has 10 aromatic rings. The van der Waals surface area contributed by atoms with Crippen molar-refractivity contribution in [3.63, 3.8) is 0 Å². The highest BCUT2D eigenvalue weighted by atomic mass is 35.5. The Labute approximate surface area is 421 Å². The van der Waals surface area contributed by atoms with Crippen LogP contribution in [0, 0.1) is 0 Å². The second kappa shape index (κ2) is 20.8. The minimum atomic E-state index is -1.12. The van der Waals surface area contributed by atoms with Crippen LogP contribution in [0.25, 0.3) is 66.6 Å². The zero-order valence-corrected chi connectivity index (χ0v) is 39.7. The molecule has 0 bridgehead atoms. The number of methoxy groups -OCH3 is 1. The van der Waals surface area contributed by atoms with Crippen molar-refractivity contribution in [1.82, 2.24) is 29.9 Å². The number of amides is 2. The molecule has 0 unspecified atom stereocenters. The Morgan fingerprint density at radius 3 is 1.37 bits per heavy atom. The zero-order chi connectivity index (χ0) is 49.8. The summed E-state index contributed by atoms with van der Waals surface area (Å²) < 4.78 is 15.1. The molecule has 0 aliphatic heterocycles. The third-order valence-electron chi connectivity index (χ3n) is 10.6. The van der Waals surface area contributed by atoms with Gasteiger partial charge >= 0.3 is 11.9 Å². The highest BCUT2D eigenvalue weighted by Crippen LogP contribution is 2.39. The summed E-state index contributed by atoms with van der Waals surface area (Å²) in [4.78, 5) is 72.1. The first-order valence-corrected chi connectivity index (χ1v) is 22.7. The van der Waals surface area contributed by atoms with E-state index in [0.29, 0.717) is 73.4 Å². The van der Waals surface area contributed by atoms with Crippen molar-refractivity contribution < 1.29 is 38.5 Å². The van der Waals surface area contributed by atoms with Gasteiger partial charge in [0.15, 0.2) is 13.2 Å². The fraction of sp³-hybridized carbons (Fsp3) is 0.0588. The molecule has 4 aromatic heterocycles. The summed E-state index contributed by atoms with van der Waals surface area (Å²) in [7, 11) is 1.27. The number of aliphatic carboxylic acids is 1. The molecule has 2 amide bonds. The van der Waals surface area contributed by atoms with Gasteiger partial charge in [0.1, 0.15) is 34.8 Å². The quantitative estimate of drug-likeness (QED) is 0.0721. The van der Waals surface area contributed by atoms with E-state index in [1.807, 2.05) is 60.7 Å². The summed E-state index contributed by atoms with van der Waals surface area (Å²) in [6.45, 7) is -0.789. The standard InChI is InChI=1S/C26H18Cl2N4O4.C25H16Cl2N4O4/c1-35-23(33)13-36-16-11-17(27)24(18(28)12-16)25-30-20-8-6-15(10-21(20)31-25)26(34)32-22-9-7-14-4-2-3-5-19(14)29-22;26-16-10-15(35-12-22(32)33)11-17(27)23(16)24-29-19-7-5-14(9-20(19)30-24)25(34)31-21-8-6-13-3-1-2-4-18(13)28-21/h2-12H,13H2,1H3,(H,30,31)(H,29,32,34);1-11H,12H2,(H,29,30)(H,32,33)(H,28,31,34). The lowest BCUT2D eigenvalue weighted by Crippen LogP contribution is -2.12. The van der Waals surface area contributed by atoms with Crippen molar-refractivity contribution in [3.05, 3.63) is 165 Å². The highest BCUT2D eigenvalue weighted by Gasteiger charge is 2.19. The Bertz CT molecular complexity index is 3690. The fourth-order valence-electron chi connectivity index (χ4n) is 7.25. The first kappa shape index (κ1) is 47.8. The fourth-order valence-corrected chi connectivity index (χ4v) is 8.54. The summed E-state index contributed by atoms with van der Waals surface area (Å²) in [5, 5.41) is 17.4. The number of fused-ring (bicyclic) bond motifs is 4. The predicted octanol–water partition coefficient (Wildman–Crippen LogP) is 11.7. The van der Waals surface area contributed by atoms with Gasteiger partial charge < -0.3 is 39.9 Å². The van der Waals surface area contributed by atoms with E-state index in [-0.39, 0.29) is 44.3 Å². The van der Waals surface area contributed by atoms with Gasteiger partial charge in [-0.05, 0) is 97.1 Å². The number of H-pyrrole nitrogens is 2. The van der Waals surface area contributed by atoms with Gasteiger partial charge in [-0.3, -0.25) is 9.59 Å². The van der Waals surface area contributed by atoms with Gasteiger partial charge in [-0.15, -0.1) is 0 Å². The predicted molar refractivity (Wildman–Crippen MR) is 273 cm³/mol. The number of halogens is 4. The summed E-state index contributed by atoms with van der Waals surface area (Å²) in [5.74, 6) is -0.00241. The largest absolute Gasteiger partial charge is 0.482 e. The number of para-hydroxylation sites is 2. The van der Waals surface area contributed by atoms with Crippen LogP contribution in [0.15, 0.2) is 133 Å². The van der Waals surface area contributed by atoms with Crippen molar-refractivity contribution in [1.29, 1.82) is 0 Å². The number of carboxylic acids is 1. The van der Waals surface area contributed by atoms with Gasteiger partial charge in [0.2, 0.25) is 0 Å². The van der Waals surface area contributed by atoms with E-state index in [2.05, 4.69) is 45.3 Å². The van der Waals surface area contributed by atoms with E-state index in [1.165, 1.54) is 31.4 Å². The third kappa shape index (κ3) is 11.0. The van der Waals surface area contributed by atoms with Crippen LogP contribution >= 0.6 is 46.4 Å². The number of nitrogens with one attached hydrogen (secondary N) is 4. The van der Waals surface area contributed by atoms with Crippen molar-refractivity contribution in [3.8, 4) is 34.3 Å². The molecule has 16 nitrogen and oxygen atoms in total. The zero-order valence-electron chi connectivity index (χ0n) is 36.7. The molecule has 354 valence electrons. The van der Waals surface area contributed by atoms with Gasteiger partial charge in [0.25, 0.3) is 11.8 Å². The lowest BCUT2D eigenvalue weighted by molar-refractivity contribution is -0.143. The maximum Gasteiger partial charge on any atom is 0.343 e. The number of carbonyl (C=O) groups excluding carboxylic acids is 3. The smallest absolute Gasteiger partial charge is 0.343 e. The molecule has 0 spiro atoms. The van der Waals surface area contributed by atoms with Gasteiger partial charge in [0, 0.05) is 21.9 Å². The Morgan fingerprint density at radius 2 is 0.944 bits per heavy atom.